The summed E-state index contributed by atoms with van der Waals surface area (Å²) in [6.07, 6.45) is 1.85. The highest BCUT2D eigenvalue weighted by Gasteiger charge is 2.11. The van der Waals surface area contributed by atoms with Gasteiger partial charge in [-0.05, 0) is 36.8 Å². The van der Waals surface area contributed by atoms with Crippen molar-refractivity contribution in [2.75, 3.05) is 0 Å². The molecule has 92 valence electrons. The van der Waals surface area contributed by atoms with Gasteiger partial charge in [-0.1, -0.05) is 52.3 Å². The van der Waals surface area contributed by atoms with Crippen LogP contribution in [0, 0.1) is 18.2 Å². The van der Waals surface area contributed by atoms with Gasteiger partial charge in [-0.2, -0.15) is 0 Å². The van der Waals surface area contributed by atoms with Gasteiger partial charge >= 0.3 is 0 Å². The van der Waals surface area contributed by atoms with Gasteiger partial charge in [0.2, 0.25) is 0 Å². The Morgan fingerprint density at radius 2 is 1.69 bits per heavy atom. The van der Waals surface area contributed by atoms with Gasteiger partial charge in [0, 0.05) is 0 Å². The molecule has 0 unspecified atom stereocenters. The molecule has 0 aliphatic rings. The Bertz CT molecular complexity index is 308. The SMILES string of the molecule is CC.Cc1ccc(F)c(CCC(C)(C)C)c1. The zero-order valence-corrected chi connectivity index (χ0v) is 11.5. The van der Waals surface area contributed by atoms with Crippen molar-refractivity contribution < 1.29 is 4.39 Å². The van der Waals surface area contributed by atoms with E-state index >= 15 is 0 Å². The van der Waals surface area contributed by atoms with Crippen molar-refractivity contribution in [2.45, 2.75) is 54.4 Å². The molecular weight excluding hydrogens is 199 g/mol. The lowest BCUT2D eigenvalue weighted by Crippen LogP contribution is -2.07. The molecule has 0 fully saturated rings. The van der Waals surface area contributed by atoms with Gasteiger partial charge in [0.15, 0.2) is 0 Å². The van der Waals surface area contributed by atoms with Crippen LogP contribution < -0.4 is 0 Å². The standard InChI is InChI=1S/C13H19F.C2H6/c1-10-5-6-12(14)11(9-10)7-8-13(2,3)4;1-2/h5-6,9H,7-8H2,1-4H3;1-2H3. The molecule has 0 heterocycles. The summed E-state index contributed by atoms with van der Waals surface area (Å²) in [6.45, 7) is 12.5. The second kappa shape index (κ2) is 6.67. The third-order valence-corrected chi connectivity index (χ3v) is 2.35. The lowest BCUT2D eigenvalue weighted by Gasteiger charge is -2.18. The van der Waals surface area contributed by atoms with Crippen molar-refractivity contribution in [1.82, 2.24) is 0 Å². The van der Waals surface area contributed by atoms with Crippen LogP contribution in [0.2, 0.25) is 0 Å². The van der Waals surface area contributed by atoms with Crippen LogP contribution in [0.15, 0.2) is 18.2 Å². The molecule has 0 saturated heterocycles. The Morgan fingerprint density at radius 1 is 1.12 bits per heavy atom. The van der Waals surface area contributed by atoms with E-state index < -0.39 is 0 Å². The summed E-state index contributed by atoms with van der Waals surface area (Å²) in [4.78, 5) is 0. The van der Waals surface area contributed by atoms with Crippen LogP contribution in [0.3, 0.4) is 0 Å². The first-order valence-electron chi connectivity index (χ1n) is 6.13. The van der Waals surface area contributed by atoms with E-state index in [1.807, 2.05) is 32.9 Å². The number of benzene rings is 1. The average molecular weight is 224 g/mol. The molecule has 0 nitrogen and oxygen atoms in total. The molecule has 0 aromatic heterocycles. The molecule has 0 N–H and O–H groups in total. The molecule has 0 amide bonds. The highest BCUT2D eigenvalue weighted by Crippen LogP contribution is 2.22. The maximum Gasteiger partial charge on any atom is 0.126 e. The van der Waals surface area contributed by atoms with Gasteiger partial charge in [0.1, 0.15) is 5.82 Å². The minimum Gasteiger partial charge on any atom is -0.207 e. The Morgan fingerprint density at radius 3 is 2.19 bits per heavy atom. The van der Waals surface area contributed by atoms with Crippen LogP contribution in [-0.4, -0.2) is 0 Å². The topological polar surface area (TPSA) is 0 Å². The number of halogens is 1. The van der Waals surface area contributed by atoms with Crippen LogP contribution in [0.5, 0.6) is 0 Å². The van der Waals surface area contributed by atoms with E-state index in [0.29, 0.717) is 0 Å². The van der Waals surface area contributed by atoms with Crippen molar-refractivity contribution in [3.8, 4) is 0 Å². The number of hydrogen-bond donors (Lipinski definition) is 0. The summed E-state index contributed by atoms with van der Waals surface area (Å²) < 4.78 is 13.3. The molecule has 1 heteroatoms. The molecule has 0 spiro atoms. The zero-order chi connectivity index (χ0) is 12.8. The van der Waals surface area contributed by atoms with Crippen LogP contribution in [-0.2, 0) is 6.42 Å². The summed E-state index contributed by atoms with van der Waals surface area (Å²) in [5, 5.41) is 0. The maximum atomic E-state index is 13.3. The summed E-state index contributed by atoms with van der Waals surface area (Å²) in [7, 11) is 0. The molecule has 16 heavy (non-hydrogen) atoms. The number of aryl methyl sites for hydroxylation is 2. The Kier molecular flexibility index (Phi) is 6.32. The summed E-state index contributed by atoms with van der Waals surface area (Å²) in [6, 6.07) is 5.32. The number of hydrogen-bond acceptors (Lipinski definition) is 0. The van der Waals surface area contributed by atoms with Gasteiger partial charge in [0.05, 0.1) is 0 Å². The Balaban J connectivity index is 0.00000106. The lowest BCUT2D eigenvalue weighted by atomic mass is 9.88. The molecule has 0 radical (unpaired) electrons. The van der Waals surface area contributed by atoms with E-state index in [1.165, 1.54) is 0 Å². The highest BCUT2D eigenvalue weighted by atomic mass is 19.1. The van der Waals surface area contributed by atoms with Gasteiger partial charge < -0.3 is 0 Å². The molecule has 1 rings (SSSR count). The normalized spacial score (nSPS) is 10.7. The van der Waals surface area contributed by atoms with Gasteiger partial charge in [-0.25, -0.2) is 4.39 Å². The summed E-state index contributed by atoms with van der Waals surface area (Å²) in [5.41, 5.74) is 2.26. The highest BCUT2D eigenvalue weighted by molar-refractivity contribution is 5.24. The van der Waals surface area contributed by atoms with Crippen LogP contribution in [0.25, 0.3) is 0 Å². The van der Waals surface area contributed by atoms with Crippen molar-refractivity contribution >= 4 is 0 Å². The first kappa shape index (κ1) is 15.2. The van der Waals surface area contributed by atoms with Crippen molar-refractivity contribution in [3.05, 3.63) is 35.1 Å². The molecule has 0 aliphatic heterocycles. The minimum atomic E-state index is -0.0696. The molecule has 0 saturated carbocycles. The molecular formula is C15H25F. The zero-order valence-electron chi connectivity index (χ0n) is 11.5. The molecule has 0 atom stereocenters. The van der Waals surface area contributed by atoms with E-state index in [4.69, 9.17) is 0 Å². The fourth-order valence-corrected chi connectivity index (χ4v) is 1.40. The van der Waals surface area contributed by atoms with Crippen LogP contribution in [0.4, 0.5) is 4.39 Å². The molecule has 1 aromatic carbocycles. The van der Waals surface area contributed by atoms with Crippen molar-refractivity contribution in [1.29, 1.82) is 0 Å². The Hall–Kier alpha value is -0.850. The molecule has 0 bridgehead atoms. The lowest BCUT2D eigenvalue weighted by molar-refractivity contribution is 0.375. The van der Waals surface area contributed by atoms with Gasteiger partial charge in [0.25, 0.3) is 0 Å². The second-order valence-corrected chi connectivity index (χ2v) is 5.16. The smallest absolute Gasteiger partial charge is 0.126 e. The third kappa shape index (κ3) is 5.89. The first-order valence-corrected chi connectivity index (χ1v) is 6.13. The average Bonchev–Trinajstić information content (AvgIpc) is 2.21. The van der Waals surface area contributed by atoms with E-state index in [9.17, 15) is 4.39 Å². The van der Waals surface area contributed by atoms with Crippen molar-refractivity contribution in [3.63, 3.8) is 0 Å². The van der Waals surface area contributed by atoms with Gasteiger partial charge in [-0.15, -0.1) is 0 Å². The minimum absolute atomic E-state index is 0.0696. The predicted octanol–water partition coefficient (Wildman–Crippen LogP) is 5.14. The van der Waals surface area contributed by atoms with E-state index in [1.54, 1.807) is 6.07 Å². The third-order valence-electron chi connectivity index (χ3n) is 2.35. The van der Waals surface area contributed by atoms with E-state index in [2.05, 4.69) is 20.8 Å². The van der Waals surface area contributed by atoms with E-state index in [-0.39, 0.29) is 11.2 Å². The molecule has 0 aliphatic carbocycles. The van der Waals surface area contributed by atoms with Crippen molar-refractivity contribution in [2.24, 2.45) is 5.41 Å². The fraction of sp³-hybridized carbons (Fsp3) is 0.600. The summed E-state index contributed by atoms with van der Waals surface area (Å²) in [5.74, 6) is -0.0696. The second-order valence-electron chi connectivity index (χ2n) is 5.16. The summed E-state index contributed by atoms with van der Waals surface area (Å²) >= 11 is 0. The Labute approximate surface area is 99.9 Å². The van der Waals surface area contributed by atoms with Crippen LogP contribution >= 0.6 is 0 Å². The van der Waals surface area contributed by atoms with E-state index in [0.717, 1.165) is 24.0 Å². The fourth-order valence-electron chi connectivity index (χ4n) is 1.40. The van der Waals surface area contributed by atoms with Crippen LogP contribution in [0.1, 0.15) is 52.2 Å². The predicted molar refractivity (Wildman–Crippen MR) is 70.3 cm³/mol. The largest absolute Gasteiger partial charge is 0.207 e. The van der Waals surface area contributed by atoms with Gasteiger partial charge in [-0.3, -0.25) is 0 Å². The number of rotatable bonds is 2. The quantitative estimate of drug-likeness (QED) is 0.652. The maximum absolute atomic E-state index is 13.3. The first-order chi connectivity index (χ1) is 7.38. The monoisotopic (exact) mass is 224 g/mol. The molecule has 1 aromatic rings.